The summed E-state index contributed by atoms with van der Waals surface area (Å²) in [7, 11) is 0. The molecule has 1 aliphatic carbocycles. The molecule has 0 aromatic rings. The Labute approximate surface area is 66.2 Å². The van der Waals surface area contributed by atoms with Gasteiger partial charge in [-0.25, -0.2) is 0 Å². The van der Waals surface area contributed by atoms with E-state index in [2.05, 4.69) is 29.8 Å². The summed E-state index contributed by atoms with van der Waals surface area (Å²) < 4.78 is 0. The largest absolute Gasteiger partial charge is 0.0888 e. The third-order valence-electron chi connectivity index (χ3n) is 2.33. The summed E-state index contributed by atoms with van der Waals surface area (Å²) in [6.07, 6.45) is 4.21. The molecule has 0 spiro atoms. The normalized spacial score (nSPS) is 45.0. The van der Waals surface area contributed by atoms with Crippen molar-refractivity contribution in [3.8, 4) is 0 Å². The Morgan fingerprint density at radius 1 is 1.22 bits per heavy atom. The van der Waals surface area contributed by atoms with Gasteiger partial charge >= 0.3 is 0 Å². The number of rotatable bonds is 0. The van der Waals surface area contributed by atoms with Gasteiger partial charge in [-0.15, -0.1) is 0 Å². The van der Waals surface area contributed by atoms with Crippen molar-refractivity contribution in [2.75, 3.05) is 0 Å². The van der Waals surface area contributed by atoms with Crippen LogP contribution < -0.4 is 0 Å². The number of hydrogen-bond donors (Lipinski definition) is 0. The van der Waals surface area contributed by atoms with E-state index < -0.39 is 0 Å². The quantitative estimate of drug-likeness (QED) is 0.516. The molecule has 0 aromatic carbocycles. The fourth-order valence-corrected chi connectivity index (χ4v) is 2.11. The molecule has 0 bridgehead atoms. The maximum Gasteiger partial charge on any atom is 0.0171 e. The summed E-state index contributed by atoms with van der Waals surface area (Å²) in [6, 6.07) is 0. The molecule has 1 fully saturated rings. The maximum atomic E-state index is 3.68. The van der Waals surface area contributed by atoms with Gasteiger partial charge in [-0.1, -0.05) is 29.8 Å². The van der Waals surface area contributed by atoms with Crippen LogP contribution in [0, 0.1) is 11.8 Å². The Morgan fingerprint density at radius 2 is 1.89 bits per heavy atom. The Morgan fingerprint density at radius 3 is 2.33 bits per heavy atom. The van der Waals surface area contributed by atoms with Crippen LogP contribution in [0.1, 0.15) is 33.1 Å². The molecule has 0 aliphatic heterocycles. The van der Waals surface area contributed by atoms with E-state index in [9.17, 15) is 0 Å². The molecule has 3 atom stereocenters. The maximum absolute atomic E-state index is 3.68. The lowest BCUT2D eigenvalue weighted by molar-refractivity contribution is 0.314. The van der Waals surface area contributed by atoms with Gasteiger partial charge in [0.2, 0.25) is 0 Å². The molecular weight excluding hydrogens is 176 g/mol. The molecule has 0 aromatic heterocycles. The second-order valence-corrected chi connectivity index (χ2v) is 4.59. The van der Waals surface area contributed by atoms with E-state index in [1.807, 2.05) is 0 Å². The third kappa shape index (κ3) is 1.96. The van der Waals surface area contributed by atoms with Crippen LogP contribution in [0.5, 0.6) is 0 Å². The molecule has 0 radical (unpaired) electrons. The lowest BCUT2D eigenvalue weighted by Crippen LogP contribution is -2.20. The molecule has 0 nitrogen and oxygen atoms in total. The fraction of sp³-hybridized carbons (Fsp3) is 1.00. The predicted molar refractivity (Wildman–Crippen MR) is 44.9 cm³/mol. The van der Waals surface area contributed by atoms with Gasteiger partial charge < -0.3 is 0 Å². The lowest BCUT2D eigenvalue weighted by atomic mass is 9.84. The van der Waals surface area contributed by atoms with Crippen molar-refractivity contribution in [1.29, 1.82) is 0 Å². The first kappa shape index (κ1) is 7.59. The SMILES string of the molecule is C[C@@H]1CC[C@@H](Br)[C@H](C)C1. The van der Waals surface area contributed by atoms with E-state index in [0.29, 0.717) is 0 Å². The summed E-state index contributed by atoms with van der Waals surface area (Å²) in [6.45, 7) is 4.70. The first-order valence-corrected chi connectivity index (χ1v) is 4.75. The molecular formula is C8H15Br. The monoisotopic (exact) mass is 190 g/mol. The van der Waals surface area contributed by atoms with Crippen molar-refractivity contribution in [2.24, 2.45) is 11.8 Å². The van der Waals surface area contributed by atoms with Crippen LogP contribution in [-0.4, -0.2) is 4.83 Å². The molecule has 1 heteroatoms. The van der Waals surface area contributed by atoms with Crippen molar-refractivity contribution < 1.29 is 0 Å². The van der Waals surface area contributed by atoms with Crippen molar-refractivity contribution in [3.63, 3.8) is 0 Å². The third-order valence-corrected chi connectivity index (χ3v) is 3.69. The molecule has 0 unspecified atom stereocenters. The highest BCUT2D eigenvalue weighted by Crippen LogP contribution is 2.32. The van der Waals surface area contributed by atoms with Crippen LogP contribution in [0.25, 0.3) is 0 Å². The standard InChI is InChI=1S/C8H15Br/c1-6-3-4-8(9)7(2)5-6/h6-8H,3-5H2,1-2H3/t6-,7-,8-/m1/s1. The number of alkyl halides is 1. The van der Waals surface area contributed by atoms with E-state index in [-0.39, 0.29) is 0 Å². The molecule has 1 rings (SSSR count). The smallest absolute Gasteiger partial charge is 0.0171 e. The molecule has 0 saturated heterocycles. The predicted octanol–water partition coefficient (Wildman–Crippen LogP) is 3.21. The van der Waals surface area contributed by atoms with E-state index >= 15 is 0 Å². The minimum absolute atomic E-state index is 0.800. The highest BCUT2D eigenvalue weighted by atomic mass is 79.9. The first-order chi connectivity index (χ1) is 4.20. The van der Waals surface area contributed by atoms with Gasteiger partial charge in [0.1, 0.15) is 0 Å². The van der Waals surface area contributed by atoms with Crippen LogP contribution >= 0.6 is 15.9 Å². The zero-order valence-corrected chi connectivity index (χ0v) is 7.82. The second-order valence-electron chi connectivity index (χ2n) is 3.41. The number of halogens is 1. The Bertz CT molecular complexity index is 90.6. The topological polar surface area (TPSA) is 0 Å². The Balaban J connectivity index is 2.35. The first-order valence-electron chi connectivity index (χ1n) is 3.84. The summed E-state index contributed by atoms with van der Waals surface area (Å²) in [5, 5.41) is 0. The lowest BCUT2D eigenvalue weighted by Gasteiger charge is -2.28. The van der Waals surface area contributed by atoms with Gasteiger partial charge in [-0.2, -0.15) is 0 Å². The average Bonchev–Trinajstić information content (AvgIpc) is 1.80. The van der Waals surface area contributed by atoms with E-state index in [1.165, 1.54) is 19.3 Å². The average molecular weight is 191 g/mol. The Kier molecular flexibility index (Phi) is 2.57. The zero-order chi connectivity index (χ0) is 6.85. The van der Waals surface area contributed by atoms with Gasteiger partial charge in [0.15, 0.2) is 0 Å². The van der Waals surface area contributed by atoms with Crippen molar-refractivity contribution in [1.82, 2.24) is 0 Å². The van der Waals surface area contributed by atoms with Crippen LogP contribution in [0.4, 0.5) is 0 Å². The summed E-state index contributed by atoms with van der Waals surface area (Å²) in [5.41, 5.74) is 0. The van der Waals surface area contributed by atoms with Gasteiger partial charge in [-0.05, 0) is 31.1 Å². The molecule has 0 N–H and O–H groups in total. The van der Waals surface area contributed by atoms with Crippen LogP contribution in [0.15, 0.2) is 0 Å². The minimum atomic E-state index is 0.800. The number of hydrogen-bond acceptors (Lipinski definition) is 0. The molecule has 54 valence electrons. The van der Waals surface area contributed by atoms with E-state index in [4.69, 9.17) is 0 Å². The summed E-state index contributed by atoms with van der Waals surface area (Å²) in [5.74, 6) is 1.86. The van der Waals surface area contributed by atoms with Gasteiger partial charge in [0.05, 0.1) is 0 Å². The molecule has 1 aliphatic rings. The van der Waals surface area contributed by atoms with Crippen molar-refractivity contribution >= 4 is 15.9 Å². The van der Waals surface area contributed by atoms with Gasteiger partial charge in [0.25, 0.3) is 0 Å². The van der Waals surface area contributed by atoms with Crippen molar-refractivity contribution in [3.05, 3.63) is 0 Å². The zero-order valence-electron chi connectivity index (χ0n) is 6.23. The van der Waals surface area contributed by atoms with Crippen LogP contribution in [0.3, 0.4) is 0 Å². The Hall–Kier alpha value is 0.480. The van der Waals surface area contributed by atoms with Crippen LogP contribution in [0.2, 0.25) is 0 Å². The van der Waals surface area contributed by atoms with E-state index in [1.54, 1.807) is 0 Å². The second kappa shape index (κ2) is 3.05. The summed E-state index contributed by atoms with van der Waals surface area (Å²) >= 11 is 3.68. The molecule has 9 heavy (non-hydrogen) atoms. The fourth-order valence-electron chi connectivity index (χ4n) is 1.63. The minimum Gasteiger partial charge on any atom is -0.0888 e. The van der Waals surface area contributed by atoms with E-state index in [0.717, 1.165) is 16.7 Å². The van der Waals surface area contributed by atoms with Crippen LogP contribution in [-0.2, 0) is 0 Å². The highest BCUT2D eigenvalue weighted by Gasteiger charge is 2.22. The summed E-state index contributed by atoms with van der Waals surface area (Å²) in [4.78, 5) is 0.800. The van der Waals surface area contributed by atoms with Crippen molar-refractivity contribution in [2.45, 2.75) is 37.9 Å². The molecule has 1 saturated carbocycles. The molecule has 0 heterocycles. The van der Waals surface area contributed by atoms with Gasteiger partial charge in [0, 0.05) is 4.83 Å². The molecule has 0 amide bonds. The highest BCUT2D eigenvalue weighted by molar-refractivity contribution is 9.09. The van der Waals surface area contributed by atoms with Gasteiger partial charge in [-0.3, -0.25) is 0 Å².